The zero-order valence-electron chi connectivity index (χ0n) is 11.6. The molecule has 99 valence electrons. The maximum atomic E-state index is 6.32. The van der Waals surface area contributed by atoms with E-state index in [1.165, 1.54) is 0 Å². The quantitative estimate of drug-likeness (QED) is 0.832. The van der Waals surface area contributed by atoms with Gasteiger partial charge in [-0.2, -0.15) is 0 Å². The van der Waals surface area contributed by atoms with Crippen molar-refractivity contribution in [2.75, 3.05) is 26.1 Å². The topological polar surface area (TPSA) is 12.5 Å². The van der Waals surface area contributed by atoms with Crippen LogP contribution in [0.25, 0.3) is 11.1 Å². The fraction of sp³-hybridized carbons (Fsp3) is 0.250. The number of nitrogens with zero attached hydrogens (tertiary/aromatic N) is 1. The van der Waals surface area contributed by atoms with E-state index in [1.807, 2.05) is 45.3 Å². The largest absolute Gasteiger partial charge is 0.496 e. The normalized spacial score (nSPS) is 10.4. The Kier molecular flexibility index (Phi) is 4.01. The Labute approximate surface area is 119 Å². The fourth-order valence-corrected chi connectivity index (χ4v) is 2.41. The molecule has 0 N–H and O–H groups in total. The molecule has 0 aliphatic heterocycles. The van der Waals surface area contributed by atoms with Gasteiger partial charge in [0.25, 0.3) is 0 Å². The van der Waals surface area contributed by atoms with Crippen molar-refractivity contribution in [2.24, 2.45) is 0 Å². The molecule has 0 fully saturated rings. The van der Waals surface area contributed by atoms with Gasteiger partial charge in [0.15, 0.2) is 0 Å². The molecule has 2 aromatic rings. The minimum Gasteiger partial charge on any atom is -0.496 e. The van der Waals surface area contributed by atoms with Crippen LogP contribution in [0.15, 0.2) is 30.3 Å². The second kappa shape index (κ2) is 5.54. The molecule has 0 saturated carbocycles. The summed E-state index contributed by atoms with van der Waals surface area (Å²) in [4.78, 5) is 2.05. The predicted octanol–water partition coefficient (Wildman–Crippen LogP) is 4.19. The maximum Gasteiger partial charge on any atom is 0.121 e. The Hall–Kier alpha value is -1.67. The summed E-state index contributed by atoms with van der Waals surface area (Å²) in [5.74, 6) is 0.881. The molecule has 0 spiro atoms. The molecular formula is C16H17ClNO. The first-order chi connectivity index (χ1) is 9.04. The van der Waals surface area contributed by atoms with Crippen LogP contribution >= 0.6 is 11.6 Å². The summed E-state index contributed by atoms with van der Waals surface area (Å²) < 4.78 is 5.29. The van der Waals surface area contributed by atoms with Crippen molar-refractivity contribution in [3.8, 4) is 16.9 Å². The van der Waals surface area contributed by atoms with Crippen LogP contribution in [-0.2, 0) is 0 Å². The molecule has 0 saturated heterocycles. The van der Waals surface area contributed by atoms with E-state index in [-0.39, 0.29) is 0 Å². The Bertz CT molecular complexity index is 593. The Balaban J connectivity index is 2.61. The lowest BCUT2D eigenvalue weighted by Crippen LogP contribution is -2.10. The predicted molar refractivity (Wildman–Crippen MR) is 81.3 cm³/mol. The van der Waals surface area contributed by atoms with Gasteiger partial charge in [0.05, 0.1) is 12.1 Å². The van der Waals surface area contributed by atoms with E-state index in [0.717, 1.165) is 28.1 Å². The van der Waals surface area contributed by atoms with E-state index < -0.39 is 0 Å². The van der Waals surface area contributed by atoms with Crippen LogP contribution in [0, 0.1) is 13.0 Å². The number of methoxy groups -OCH3 is 1. The van der Waals surface area contributed by atoms with Crippen LogP contribution in [0.2, 0.25) is 5.02 Å². The zero-order valence-corrected chi connectivity index (χ0v) is 12.4. The molecule has 0 heterocycles. The molecule has 19 heavy (non-hydrogen) atoms. The number of ether oxygens (including phenoxy) is 1. The summed E-state index contributed by atoms with van der Waals surface area (Å²) in [7, 11) is 5.69. The van der Waals surface area contributed by atoms with Gasteiger partial charge in [-0.1, -0.05) is 23.7 Å². The van der Waals surface area contributed by atoms with Gasteiger partial charge in [-0.05, 0) is 36.2 Å². The minimum absolute atomic E-state index is 0.635. The molecule has 3 heteroatoms. The molecule has 0 aliphatic rings. The average molecular weight is 275 g/mol. The summed E-state index contributed by atoms with van der Waals surface area (Å²) in [5.41, 5.74) is 4.24. The number of rotatable bonds is 3. The lowest BCUT2D eigenvalue weighted by molar-refractivity contribution is 0.412. The molecule has 2 rings (SSSR count). The van der Waals surface area contributed by atoms with Crippen LogP contribution in [-0.4, -0.2) is 21.2 Å². The Morgan fingerprint density at radius 3 is 2.53 bits per heavy atom. The summed E-state index contributed by atoms with van der Waals surface area (Å²) >= 11 is 6.32. The third-order valence-electron chi connectivity index (χ3n) is 3.09. The van der Waals surface area contributed by atoms with Crippen molar-refractivity contribution in [3.63, 3.8) is 0 Å². The van der Waals surface area contributed by atoms with Gasteiger partial charge in [0, 0.05) is 31.4 Å². The van der Waals surface area contributed by atoms with Gasteiger partial charge in [-0.25, -0.2) is 0 Å². The number of hydrogen-bond acceptors (Lipinski definition) is 2. The van der Waals surface area contributed by atoms with E-state index in [9.17, 15) is 0 Å². The molecule has 0 amide bonds. The highest BCUT2D eigenvalue weighted by Gasteiger charge is 2.12. The summed E-state index contributed by atoms with van der Waals surface area (Å²) in [6, 6.07) is 13.0. The monoisotopic (exact) mass is 274 g/mol. The van der Waals surface area contributed by atoms with Gasteiger partial charge in [0.1, 0.15) is 5.75 Å². The maximum absolute atomic E-state index is 6.32. The van der Waals surface area contributed by atoms with Crippen molar-refractivity contribution in [2.45, 2.75) is 6.92 Å². The van der Waals surface area contributed by atoms with Crippen LogP contribution in [0.4, 0.5) is 5.69 Å². The number of halogens is 1. The molecule has 0 aromatic heterocycles. The summed E-state index contributed by atoms with van der Waals surface area (Å²) in [6.45, 7) is 2.03. The van der Waals surface area contributed by atoms with Crippen molar-refractivity contribution >= 4 is 17.3 Å². The Morgan fingerprint density at radius 2 is 1.95 bits per heavy atom. The number of aryl methyl sites for hydroxylation is 1. The number of anilines is 1. The van der Waals surface area contributed by atoms with Gasteiger partial charge < -0.3 is 9.64 Å². The van der Waals surface area contributed by atoms with Crippen molar-refractivity contribution in [1.29, 1.82) is 0 Å². The molecule has 0 bridgehead atoms. The van der Waals surface area contributed by atoms with Crippen molar-refractivity contribution < 1.29 is 4.74 Å². The van der Waals surface area contributed by atoms with Crippen molar-refractivity contribution in [1.82, 2.24) is 0 Å². The van der Waals surface area contributed by atoms with E-state index in [4.69, 9.17) is 16.3 Å². The van der Waals surface area contributed by atoms with E-state index in [2.05, 4.69) is 17.0 Å². The van der Waals surface area contributed by atoms with Crippen LogP contribution < -0.4 is 9.64 Å². The number of benzene rings is 2. The average Bonchev–Trinajstić information content (AvgIpc) is 2.38. The van der Waals surface area contributed by atoms with E-state index in [1.54, 1.807) is 7.11 Å². The zero-order chi connectivity index (χ0) is 14.0. The lowest BCUT2D eigenvalue weighted by Gasteiger charge is -2.19. The number of hydrogen-bond donors (Lipinski definition) is 0. The smallest absolute Gasteiger partial charge is 0.121 e. The van der Waals surface area contributed by atoms with Crippen LogP contribution in [0.3, 0.4) is 0 Å². The summed E-state index contributed by atoms with van der Waals surface area (Å²) in [5, 5.41) is 0.635. The molecular weight excluding hydrogens is 258 g/mol. The molecule has 0 aliphatic carbocycles. The van der Waals surface area contributed by atoms with Gasteiger partial charge in [-0.3, -0.25) is 0 Å². The lowest BCUT2D eigenvalue weighted by atomic mass is 10.0. The highest BCUT2D eigenvalue weighted by Crippen LogP contribution is 2.37. The second-order valence-corrected chi connectivity index (χ2v) is 5.01. The first-order valence-electron chi connectivity index (χ1n) is 6.07. The third-order valence-corrected chi connectivity index (χ3v) is 3.39. The minimum atomic E-state index is 0.635. The fourth-order valence-electron chi connectivity index (χ4n) is 2.14. The van der Waals surface area contributed by atoms with E-state index in [0.29, 0.717) is 5.02 Å². The first-order valence-corrected chi connectivity index (χ1v) is 6.45. The third kappa shape index (κ3) is 2.69. The molecule has 0 atom stereocenters. The van der Waals surface area contributed by atoms with Crippen molar-refractivity contribution in [3.05, 3.63) is 47.0 Å². The highest BCUT2D eigenvalue weighted by atomic mass is 35.5. The molecule has 0 unspecified atom stereocenters. The van der Waals surface area contributed by atoms with Gasteiger partial charge >= 0.3 is 0 Å². The highest BCUT2D eigenvalue weighted by molar-refractivity contribution is 6.34. The van der Waals surface area contributed by atoms with Crippen LogP contribution in [0.5, 0.6) is 5.75 Å². The first kappa shape index (κ1) is 13.8. The van der Waals surface area contributed by atoms with E-state index >= 15 is 0 Å². The summed E-state index contributed by atoms with van der Waals surface area (Å²) in [6.07, 6.45) is 0. The second-order valence-electron chi connectivity index (χ2n) is 4.63. The standard InChI is InChI=1S/C16H17ClNO/c1-11-10-12(8-9-15(11)19-4)16-13(17)6-5-7-14(16)18(2)3/h5,7-10H,1-4H3. The van der Waals surface area contributed by atoms with Gasteiger partial charge in [-0.15, -0.1) is 0 Å². The SMILES string of the molecule is COc1ccc(-c2c(Cl)[c]ccc2N(C)C)cc1C. The molecule has 2 nitrogen and oxygen atoms in total. The molecule has 1 radical (unpaired) electrons. The molecule has 2 aromatic carbocycles. The van der Waals surface area contributed by atoms with Gasteiger partial charge in [0.2, 0.25) is 0 Å². The van der Waals surface area contributed by atoms with Crippen LogP contribution in [0.1, 0.15) is 5.56 Å². The Morgan fingerprint density at radius 1 is 1.21 bits per heavy atom.